The highest BCUT2D eigenvalue weighted by molar-refractivity contribution is 9.10. The van der Waals surface area contributed by atoms with Gasteiger partial charge in [-0.05, 0) is 51.8 Å². The molecular formula is C15H15BrO3S. The molecule has 1 unspecified atom stereocenters. The molecule has 0 fully saturated rings. The van der Waals surface area contributed by atoms with E-state index in [1.165, 1.54) is 0 Å². The molecule has 106 valence electrons. The van der Waals surface area contributed by atoms with Gasteiger partial charge in [0, 0.05) is 4.47 Å². The topological polar surface area (TPSA) is 35.5 Å². The van der Waals surface area contributed by atoms with E-state index in [9.17, 15) is 4.21 Å². The van der Waals surface area contributed by atoms with E-state index in [0.29, 0.717) is 11.5 Å². The van der Waals surface area contributed by atoms with Crippen LogP contribution in [0.2, 0.25) is 0 Å². The van der Waals surface area contributed by atoms with E-state index in [1.807, 2.05) is 36.4 Å². The van der Waals surface area contributed by atoms with Crippen LogP contribution in [-0.2, 0) is 16.6 Å². The quantitative estimate of drug-likeness (QED) is 0.819. The third-order valence-electron chi connectivity index (χ3n) is 2.84. The molecular weight excluding hydrogens is 340 g/mol. The molecule has 2 rings (SSSR count). The van der Waals surface area contributed by atoms with E-state index < -0.39 is 10.8 Å². The summed E-state index contributed by atoms with van der Waals surface area (Å²) in [4.78, 5) is 0.736. The SMILES string of the molecule is COc1ccc(CS(=O)c2cc(OC)ccc2Br)cc1. The first-order chi connectivity index (χ1) is 9.63. The Bertz CT molecular complexity index is 611. The zero-order valence-corrected chi connectivity index (χ0v) is 13.7. The normalized spacial score (nSPS) is 11.9. The molecule has 0 saturated carbocycles. The summed E-state index contributed by atoms with van der Waals surface area (Å²) in [5.41, 5.74) is 0.999. The first kappa shape index (κ1) is 15.1. The van der Waals surface area contributed by atoms with Crippen molar-refractivity contribution in [2.24, 2.45) is 0 Å². The fourth-order valence-corrected chi connectivity index (χ4v) is 3.71. The zero-order chi connectivity index (χ0) is 14.5. The Morgan fingerprint density at radius 3 is 2.20 bits per heavy atom. The zero-order valence-electron chi connectivity index (χ0n) is 11.3. The van der Waals surface area contributed by atoms with Gasteiger partial charge in [0.2, 0.25) is 0 Å². The smallest absolute Gasteiger partial charge is 0.120 e. The first-order valence-corrected chi connectivity index (χ1v) is 8.10. The minimum absolute atomic E-state index is 0.454. The Balaban J connectivity index is 2.18. The van der Waals surface area contributed by atoms with Crippen molar-refractivity contribution in [3.63, 3.8) is 0 Å². The largest absolute Gasteiger partial charge is 0.497 e. The minimum atomic E-state index is -1.13. The molecule has 0 radical (unpaired) electrons. The predicted octanol–water partition coefficient (Wildman–Crippen LogP) is 3.77. The Labute approximate surface area is 129 Å². The molecule has 5 heteroatoms. The van der Waals surface area contributed by atoms with Gasteiger partial charge in [0.15, 0.2) is 0 Å². The van der Waals surface area contributed by atoms with Crippen molar-refractivity contribution in [2.75, 3.05) is 14.2 Å². The summed E-state index contributed by atoms with van der Waals surface area (Å²) in [5, 5.41) is 0. The van der Waals surface area contributed by atoms with Crippen LogP contribution in [0.4, 0.5) is 0 Å². The molecule has 0 saturated heterocycles. The molecule has 1 atom stereocenters. The maximum Gasteiger partial charge on any atom is 0.120 e. The van der Waals surface area contributed by atoms with Crippen molar-refractivity contribution in [2.45, 2.75) is 10.6 Å². The molecule has 2 aromatic rings. The lowest BCUT2D eigenvalue weighted by Crippen LogP contribution is -1.98. The fourth-order valence-electron chi connectivity index (χ4n) is 1.74. The van der Waals surface area contributed by atoms with Crippen molar-refractivity contribution in [1.29, 1.82) is 0 Å². The number of benzene rings is 2. The number of rotatable bonds is 5. The molecule has 0 aliphatic heterocycles. The van der Waals surface area contributed by atoms with Gasteiger partial charge >= 0.3 is 0 Å². The molecule has 0 aromatic heterocycles. The van der Waals surface area contributed by atoms with Gasteiger partial charge in [-0.25, -0.2) is 0 Å². The molecule has 2 aromatic carbocycles. The number of hydrogen-bond acceptors (Lipinski definition) is 3. The van der Waals surface area contributed by atoms with Crippen molar-refractivity contribution in [1.82, 2.24) is 0 Å². The van der Waals surface area contributed by atoms with Crippen LogP contribution in [0.15, 0.2) is 51.8 Å². The van der Waals surface area contributed by atoms with Crippen molar-refractivity contribution < 1.29 is 13.7 Å². The van der Waals surface area contributed by atoms with Gasteiger partial charge in [0.05, 0.1) is 35.7 Å². The van der Waals surface area contributed by atoms with Crippen molar-refractivity contribution >= 4 is 26.7 Å². The second kappa shape index (κ2) is 6.90. The molecule has 0 spiro atoms. The molecule has 0 heterocycles. The lowest BCUT2D eigenvalue weighted by molar-refractivity contribution is 0.413. The summed E-state index contributed by atoms with van der Waals surface area (Å²) in [6.07, 6.45) is 0. The van der Waals surface area contributed by atoms with Gasteiger partial charge in [-0.1, -0.05) is 12.1 Å². The van der Waals surface area contributed by atoms with Gasteiger partial charge in [-0.3, -0.25) is 4.21 Å². The highest BCUT2D eigenvalue weighted by atomic mass is 79.9. The van der Waals surface area contributed by atoms with E-state index in [-0.39, 0.29) is 0 Å². The van der Waals surface area contributed by atoms with Crippen LogP contribution in [0.5, 0.6) is 11.5 Å². The number of hydrogen-bond donors (Lipinski definition) is 0. The second-order valence-corrected chi connectivity index (χ2v) is 6.41. The fraction of sp³-hybridized carbons (Fsp3) is 0.200. The lowest BCUT2D eigenvalue weighted by atomic mass is 10.2. The molecule has 0 N–H and O–H groups in total. The van der Waals surface area contributed by atoms with Crippen molar-refractivity contribution in [3.05, 3.63) is 52.5 Å². The summed E-state index contributed by atoms with van der Waals surface area (Å²) in [5.74, 6) is 1.95. The van der Waals surface area contributed by atoms with Gasteiger partial charge in [0.1, 0.15) is 11.5 Å². The highest BCUT2D eigenvalue weighted by Crippen LogP contribution is 2.27. The highest BCUT2D eigenvalue weighted by Gasteiger charge is 2.11. The molecule has 0 amide bonds. The van der Waals surface area contributed by atoms with Crippen LogP contribution in [0, 0.1) is 0 Å². The van der Waals surface area contributed by atoms with Gasteiger partial charge in [-0.15, -0.1) is 0 Å². The summed E-state index contributed by atoms with van der Waals surface area (Å²) < 4.78 is 23.6. The Morgan fingerprint density at radius 2 is 1.60 bits per heavy atom. The molecule has 0 aliphatic carbocycles. The van der Waals surface area contributed by atoms with E-state index in [1.54, 1.807) is 20.3 Å². The molecule has 0 bridgehead atoms. The maximum absolute atomic E-state index is 12.5. The number of halogens is 1. The van der Waals surface area contributed by atoms with Gasteiger partial charge in [0.25, 0.3) is 0 Å². The van der Waals surface area contributed by atoms with Crippen molar-refractivity contribution in [3.8, 4) is 11.5 Å². The number of methoxy groups -OCH3 is 2. The Kier molecular flexibility index (Phi) is 5.20. The summed E-state index contributed by atoms with van der Waals surface area (Å²) >= 11 is 3.43. The molecule has 0 aliphatic rings. The standard InChI is InChI=1S/C15H15BrO3S/c1-18-12-5-3-11(4-6-12)10-20(17)15-9-13(19-2)7-8-14(15)16/h3-9H,10H2,1-2H3. The average Bonchev–Trinajstić information content (AvgIpc) is 2.48. The van der Waals surface area contributed by atoms with Crippen LogP contribution in [0.1, 0.15) is 5.56 Å². The van der Waals surface area contributed by atoms with E-state index in [2.05, 4.69) is 15.9 Å². The number of ether oxygens (including phenoxy) is 2. The van der Waals surface area contributed by atoms with Gasteiger partial charge in [-0.2, -0.15) is 0 Å². The molecule has 3 nitrogen and oxygen atoms in total. The Morgan fingerprint density at radius 1 is 1.00 bits per heavy atom. The third-order valence-corrected chi connectivity index (χ3v) is 5.22. The van der Waals surface area contributed by atoms with Gasteiger partial charge < -0.3 is 9.47 Å². The average molecular weight is 355 g/mol. The van der Waals surface area contributed by atoms with Crippen LogP contribution < -0.4 is 9.47 Å². The van der Waals surface area contributed by atoms with Crippen LogP contribution >= 0.6 is 15.9 Å². The van der Waals surface area contributed by atoms with Crippen LogP contribution in [0.3, 0.4) is 0 Å². The second-order valence-electron chi connectivity index (χ2n) is 4.13. The lowest BCUT2D eigenvalue weighted by Gasteiger charge is -2.08. The van der Waals surface area contributed by atoms with E-state index in [4.69, 9.17) is 9.47 Å². The van der Waals surface area contributed by atoms with E-state index >= 15 is 0 Å². The third kappa shape index (κ3) is 3.61. The van der Waals surface area contributed by atoms with Crippen LogP contribution in [-0.4, -0.2) is 18.4 Å². The minimum Gasteiger partial charge on any atom is -0.497 e. The Hall–Kier alpha value is -1.33. The monoisotopic (exact) mass is 354 g/mol. The van der Waals surface area contributed by atoms with Crippen LogP contribution in [0.25, 0.3) is 0 Å². The maximum atomic E-state index is 12.5. The molecule has 20 heavy (non-hydrogen) atoms. The first-order valence-electron chi connectivity index (χ1n) is 5.99. The predicted molar refractivity (Wildman–Crippen MR) is 83.8 cm³/mol. The summed E-state index contributed by atoms with van der Waals surface area (Å²) in [6, 6.07) is 13.1. The van der Waals surface area contributed by atoms with E-state index in [0.717, 1.165) is 20.7 Å². The summed E-state index contributed by atoms with van der Waals surface area (Å²) in [7, 11) is 2.09. The summed E-state index contributed by atoms with van der Waals surface area (Å²) in [6.45, 7) is 0.